The zero-order chi connectivity index (χ0) is 9.84. The van der Waals surface area contributed by atoms with Crippen LogP contribution >= 0.6 is 0 Å². The quantitative estimate of drug-likeness (QED) is 0.654. The van der Waals surface area contributed by atoms with Gasteiger partial charge in [0.1, 0.15) is 0 Å². The molecule has 0 aliphatic rings. The summed E-state index contributed by atoms with van der Waals surface area (Å²) < 4.78 is 0. The molecule has 1 aromatic carbocycles. The van der Waals surface area contributed by atoms with Crippen molar-refractivity contribution < 1.29 is 0 Å². The fourth-order valence-corrected chi connectivity index (χ4v) is 2.02. The Morgan fingerprint density at radius 3 is 1.77 bits per heavy atom. The van der Waals surface area contributed by atoms with Gasteiger partial charge in [-0.3, -0.25) is 0 Å². The molecule has 0 N–H and O–H groups in total. The van der Waals surface area contributed by atoms with Crippen molar-refractivity contribution in [1.82, 2.24) is 0 Å². The van der Waals surface area contributed by atoms with E-state index in [4.69, 9.17) is 0 Å². The van der Waals surface area contributed by atoms with Gasteiger partial charge in [0.15, 0.2) is 0 Å². The van der Waals surface area contributed by atoms with Gasteiger partial charge in [0, 0.05) is 0 Å². The van der Waals surface area contributed by atoms with E-state index in [1.165, 1.54) is 11.1 Å². The molecule has 13 heavy (non-hydrogen) atoms. The summed E-state index contributed by atoms with van der Waals surface area (Å²) in [6.07, 6.45) is 2.31. The molecular formula is C13H20. The van der Waals surface area contributed by atoms with Crippen LogP contribution in [0, 0.1) is 0 Å². The molecule has 1 rings (SSSR count). The summed E-state index contributed by atoms with van der Waals surface area (Å²) in [4.78, 5) is 0. The van der Waals surface area contributed by atoms with Crippen LogP contribution in [0.2, 0.25) is 0 Å². The topological polar surface area (TPSA) is 0 Å². The van der Waals surface area contributed by atoms with Crippen molar-refractivity contribution in [3.05, 3.63) is 34.9 Å². The second-order valence-corrected chi connectivity index (χ2v) is 3.85. The first-order valence-corrected chi connectivity index (χ1v) is 5.31. The van der Waals surface area contributed by atoms with Crippen LogP contribution < -0.4 is 0 Å². The van der Waals surface area contributed by atoms with Crippen LogP contribution in [0.25, 0.3) is 0 Å². The Balaban J connectivity index is 3.21. The summed E-state index contributed by atoms with van der Waals surface area (Å²) >= 11 is 0. The number of hydrogen-bond acceptors (Lipinski definition) is 0. The van der Waals surface area contributed by atoms with Crippen LogP contribution in [0.5, 0.6) is 0 Å². The predicted molar refractivity (Wildman–Crippen MR) is 59.3 cm³/mol. The highest BCUT2D eigenvalue weighted by molar-refractivity contribution is 5.37. The van der Waals surface area contributed by atoms with Gasteiger partial charge in [0.05, 0.1) is 0 Å². The Morgan fingerprint density at radius 1 is 1.00 bits per heavy atom. The molecule has 0 aliphatic carbocycles. The standard InChI is InChI=1S/C13H20/c1-5-11-8-7-9-12(6-2)13(11)10(3)4/h7-10H,5-6H2,1-4H3. The number of benzene rings is 1. The van der Waals surface area contributed by atoms with Gasteiger partial charge >= 0.3 is 0 Å². The maximum absolute atomic E-state index is 2.29. The molecular weight excluding hydrogens is 156 g/mol. The molecule has 0 fully saturated rings. The van der Waals surface area contributed by atoms with E-state index in [-0.39, 0.29) is 0 Å². The van der Waals surface area contributed by atoms with Gasteiger partial charge in [-0.2, -0.15) is 0 Å². The van der Waals surface area contributed by atoms with Gasteiger partial charge in [-0.1, -0.05) is 45.9 Å². The minimum atomic E-state index is 0.658. The van der Waals surface area contributed by atoms with E-state index in [0.29, 0.717) is 5.92 Å². The van der Waals surface area contributed by atoms with Crippen LogP contribution in [0.15, 0.2) is 18.2 Å². The van der Waals surface area contributed by atoms with E-state index in [0.717, 1.165) is 12.8 Å². The first-order chi connectivity index (χ1) is 6.20. The second-order valence-electron chi connectivity index (χ2n) is 3.85. The molecule has 1 aromatic rings. The van der Waals surface area contributed by atoms with Crippen molar-refractivity contribution in [2.75, 3.05) is 0 Å². The highest BCUT2D eigenvalue weighted by Gasteiger charge is 2.08. The summed E-state index contributed by atoms with van der Waals surface area (Å²) in [6.45, 7) is 9.04. The first kappa shape index (κ1) is 10.3. The number of rotatable bonds is 3. The molecule has 0 aromatic heterocycles. The molecule has 0 unspecified atom stereocenters. The first-order valence-electron chi connectivity index (χ1n) is 5.31. The lowest BCUT2D eigenvalue weighted by atomic mass is 9.90. The molecule has 0 saturated carbocycles. The normalized spacial score (nSPS) is 10.8. The average Bonchev–Trinajstić information content (AvgIpc) is 2.16. The Morgan fingerprint density at radius 2 is 1.46 bits per heavy atom. The lowest BCUT2D eigenvalue weighted by Crippen LogP contribution is -2.00. The van der Waals surface area contributed by atoms with Crippen LogP contribution in [0.1, 0.15) is 50.3 Å². The monoisotopic (exact) mass is 176 g/mol. The van der Waals surface area contributed by atoms with Gasteiger partial charge in [0.25, 0.3) is 0 Å². The molecule has 0 heterocycles. The van der Waals surface area contributed by atoms with Gasteiger partial charge in [-0.15, -0.1) is 0 Å². The van der Waals surface area contributed by atoms with E-state index < -0.39 is 0 Å². The molecule has 0 spiro atoms. The lowest BCUT2D eigenvalue weighted by Gasteiger charge is -2.16. The predicted octanol–water partition coefficient (Wildman–Crippen LogP) is 3.93. The fraction of sp³-hybridized carbons (Fsp3) is 0.538. The largest absolute Gasteiger partial charge is 0.0617 e. The van der Waals surface area contributed by atoms with E-state index in [1.54, 1.807) is 5.56 Å². The van der Waals surface area contributed by atoms with Crippen molar-refractivity contribution in [2.45, 2.75) is 46.5 Å². The number of hydrogen-bond donors (Lipinski definition) is 0. The van der Waals surface area contributed by atoms with E-state index >= 15 is 0 Å². The minimum Gasteiger partial charge on any atom is -0.0617 e. The van der Waals surface area contributed by atoms with Crippen LogP contribution in [-0.2, 0) is 12.8 Å². The van der Waals surface area contributed by atoms with Crippen molar-refractivity contribution in [1.29, 1.82) is 0 Å². The number of aryl methyl sites for hydroxylation is 2. The molecule has 0 heteroatoms. The second kappa shape index (κ2) is 4.45. The Bertz CT molecular complexity index is 249. The molecule has 0 saturated heterocycles. The average molecular weight is 176 g/mol. The van der Waals surface area contributed by atoms with Crippen molar-refractivity contribution in [3.8, 4) is 0 Å². The summed E-state index contributed by atoms with van der Waals surface area (Å²) in [5, 5.41) is 0. The van der Waals surface area contributed by atoms with Gasteiger partial charge < -0.3 is 0 Å². The highest BCUT2D eigenvalue weighted by Crippen LogP contribution is 2.24. The van der Waals surface area contributed by atoms with E-state index in [1.807, 2.05) is 0 Å². The van der Waals surface area contributed by atoms with Crippen LogP contribution in [-0.4, -0.2) is 0 Å². The fourth-order valence-electron chi connectivity index (χ4n) is 2.02. The third kappa shape index (κ3) is 2.12. The summed E-state index contributed by atoms with van der Waals surface area (Å²) in [5.74, 6) is 0.658. The van der Waals surface area contributed by atoms with E-state index in [9.17, 15) is 0 Å². The molecule has 0 nitrogen and oxygen atoms in total. The summed E-state index contributed by atoms with van der Waals surface area (Å²) in [6, 6.07) is 6.70. The van der Waals surface area contributed by atoms with E-state index in [2.05, 4.69) is 45.9 Å². The van der Waals surface area contributed by atoms with Gasteiger partial charge in [0.2, 0.25) is 0 Å². The Hall–Kier alpha value is -0.780. The Kier molecular flexibility index (Phi) is 3.53. The molecule has 72 valence electrons. The minimum absolute atomic E-state index is 0.658. The smallest absolute Gasteiger partial charge is 0.0213 e. The molecule has 0 atom stereocenters. The maximum Gasteiger partial charge on any atom is -0.0213 e. The molecule has 0 bridgehead atoms. The van der Waals surface area contributed by atoms with Crippen molar-refractivity contribution in [2.24, 2.45) is 0 Å². The third-order valence-corrected chi connectivity index (χ3v) is 2.63. The van der Waals surface area contributed by atoms with Crippen LogP contribution in [0.4, 0.5) is 0 Å². The Labute approximate surface area is 82.0 Å². The zero-order valence-corrected chi connectivity index (χ0v) is 9.22. The van der Waals surface area contributed by atoms with Crippen molar-refractivity contribution in [3.63, 3.8) is 0 Å². The van der Waals surface area contributed by atoms with Gasteiger partial charge in [-0.25, -0.2) is 0 Å². The zero-order valence-electron chi connectivity index (χ0n) is 9.22. The third-order valence-electron chi connectivity index (χ3n) is 2.63. The highest BCUT2D eigenvalue weighted by atomic mass is 14.1. The summed E-state index contributed by atoms with van der Waals surface area (Å²) in [7, 11) is 0. The molecule has 0 amide bonds. The van der Waals surface area contributed by atoms with Crippen molar-refractivity contribution >= 4 is 0 Å². The van der Waals surface area contributed by atoms with Crippen LogP contribution in [0.3, 0.4) is 0 Å². The maximum atomic E-state index is 2.29. The molecule has 0 aliphatic heterocycles. The summed E-state index contributed by atoms with van der Waals surface area (Å²) in [5.41, 5.74) is 4.62. The SMILES string of the molecule is CCc1cccc(CC)c1C(C)C. The van der Waals surface area contributed by atoms with Gasteiger partial charge in [-0.05, 0) is 35.4 Å². The lowest BCUT2D eigenvalue weighted by molar-refractivity contribution is 0.822. The molecule has 0 radical (unpaired) electrons.